The number of anilines is 2. The van der Waals surface area contributed by atoms with E-state index in [0.29, 0.717) is 35.5 Å². The van der Waals surface area contributed by atoms with Gasteiger partial charge in [0.25, 0.3) is 5.91 Å². The number of hydrogen-bond acceptors (Lipinski definition) is 8. The highest BCUT2D eigenvalue weighted by Crippen LogP contribution is 2.28. The fourth-order valence-corrected chi connectivity index (χ4v) is 3.01. The van der Waals surface area contributed by atoms with Gasteiger partial charge < -0.3 is 19.5 Å². The van der Waals surface area contributed by atoms with E-state index >= 15 is 0 Å². The summed E-state index contributed by atoms with van der Waals surface area (Å²) in [5, 5.41) is 6.96. The molecule has 3 rings (SSSR count). The maximum atomic E-state index is 12.3. The zero-order chi connectivity index (χ0) is 23.6. The highest BCUT2D eigenvalue weighted by molar-refractivity contribution is 5.93. The van der Waals surface area contributed by atoms with Gasteiger partial charge in [-0.3, -0.25) is 4.79 Å². The van der Waals surface area contributed by atoms with Crippen molar-refractivity contribution in [2.75, 3.05) is 31.1 Å². The molecule has 2 aromatic carbocycles. The Kier molecular flexibility index (Phi) is 8.18. The third-order valence-corrected chi connectivity index (χ3v) is 4.37. The second-order valence-corrected chi connectivity index (χ2v) is 7.02. The number of carbonyl (C=O) groups excluding carboxylic acids is 1. The van der Waals surface area contributed by atoms with Crippen molar-refractivity contribution >= 4 is 23.8 Å². The number of nitrogens with zero attached hydrogens (tertiary/aromatic N) is 3. The summed E-state index contributed by atoms with van der Waals surface area (Å²) in [6, 6.07) is 14.4. The molecule has 0 aliphatic heterocycles. The van der Waals surface area contributed by atoms with E-state index in [1.54, 1.807) is 37.6 Å². The lowest BCUT2D eigenvalue weighted by molar-refractivity contribution is -0.118. The molecule has 0 atom stereocenters. The Balaban J connectivity index is 1.63. The van der Waals surface area contributed by atoms with Crippen LogP contribution in [0, 0.1) is 13.8 Å². The van der Waals surface area contributed by atoms with Crippen LogP contribution in [0.2, 0.25) is 0 Å². The lowest BCUT2D eigenvalue weighted by Crippen LogP contribution is -2.20. The first-order valence-electron chi connectivity index (χ1n) is 10.4. The number of hydrazone groups is 1. The van der Waals surface area contributed by atoms with Gasteiger partial charge in [0.05, 0.1) is 25.6 Å². The molecule has 0 aliphatic carbocycles. The zero-order valence-electron chi connectivity index (χ0n) is 19.1. The largest absolute Gasteiger partial charge is 0.495 e. The van der Waals surface area contributed by atoms with Gasteiger partial charge in [-0.25, -0.2) is 15.4 Å². The maximum absolute atomic E-state index is 12.3. The predicted molar refractivity (Wildman–Crippen MR) is 127 cm³/mol. The van der Waals surface area contributed by atoms with Gasteiger partial charge in [-0.15, -0.1) is 0 Å². The smallest absolute Gasteiger partial charge is 0.262 e. The van der Waals surface area contributed by atoms with Crippen LogP contribution < -0.4 is 25.0 Å². The molecule has 1 amide bonds. The van der Waals surface area contributed by atoms with Gasteiger partial charge in [-0.1, -0.05) is 12.1 Å². The SMILES string of the molecule is CCOc1cc(/C=N/Nc2nc(C)cc(C)n2)ccc1OCC(=O)Nc1ccccc1OC. The van der Waals surface area contributed by atoms with E-state index in [1.165, 1.54) is 0 Å². The number of amides is 1. The minimum Gasteiger partial charge on any atom is -0.495 e. The standard InChI is InChI=1S/C24H27N5O4/c1-5-32-22-13-18(14-25-29-24-26-16(2)12-17(3)27-24)10-11-21(22)33-15-23(30)28-19-8-6-7-9-20(19)31-4/h6-14H,5,15H2,1-4H3,(H,28,30)(H,26,27,29)/b25-14+. The summed E-state index contributed by atoms with van der Waals surface area (Å²) in [4.78, 5) is 20.9. The maximum Gasteiger partial charge on any atom is 0.262 e. The first-order chi connectivity index (χ1) is 16.0. The van der Waals surface area contributed by atoms with Gasteiger partial charge >= 0.3 is 0 Å². The minimum absolute atomic E-state index is 0.183. The number of hydrogen-bond donors (Lipinski definition) is 2. The van der Waals surface area contributed by atoms with Crippen LogP contribution in [-0.4, -0.2) is 42.4 Å². The van der Waals surface area contributed by atoms with Crippen LogP contribution in [0.3, 0.4) is 0 Å². The van der Waals surface area contributed by atoms with E-state index in [1.807, 2.05) is 45.0 Å². The second-order valence-electron chi connectivity index (χ2n) is 7.02. The monoisotopic (exact) mass is 449 g/mol. The van der Waals surface area contributed by atoms with Crippen molar-refractivity contribution in [3.05, 3.63) is 65.5 Å². The molecule has 0 saturated heterocycles. The molecule has 9 heteroatoms. The van der Waals surface area contributed by atoms with Crippen molar-refractivity contribution in [1.29, 1.82) is 0 Å². The van der Waals surface area contributed by atoms with Gasteiger partial charge in [0, 0.05) is 11.4 Å². The summed E-state index contributed by atoms with van der Waals surface area (Å²) in [5.41, 5.74) is 5.89. The Hall–Kier alpha value is -4.14. The molecule has 3 aromatic rings. The van der Waals surface area contributed by atoms with Crippen LogP contribution in [0.25, 0.3) is 0 Å². The molecule has 0 radical (unpaired) electrons. The summed E-state index contributed by atoms with van der Waals surface area (Å²) < 4.78 is 16.6. The van der Waals surface area contributed by atoms with Crippen LogP contribution >= 0.6 is 0 Å². The lowest BCUT2D eigenvalue weighted by atomic mass is 10.2. The molecule has 0 unspecified atom stereocenters. The van der Waals surface area contributed by atoms with Crippen molar-refractivity contribution in [2.24, 2.45) is 5.10 Å². The van der Waals surface area contributed by atoms with Crippen molar-refractivity contribution in [3.63, 3.8) is 0 Å². The van der Waals surface area contributed by atoms with E-state index in [2.05, 4.69) is 25.8 Å². The van der Waals surface area contributed by atoms with Crippen molar-refractivity contribution in [1.82, 2.24) is 9.97 Å². The number of nitrogens with one attached hydrogen (secondary N) is 2. The van der Waals surface area contributed by atoms with E-state index in [0.717, 1.165) is 17.0 Å². The Bertz CT molecular complexity index is 1110. The average Bonchev–Trinajstić information content (AvgIpc) is 2.78. The van der Waals surface area contributed by atoms with Gasteiger partial charge in [-0.2, -0.15) is 5.10 Å². The van der Waals surface area contributed by atoms with Crippen molar-refractivity contribution in [3.8, 4) is 17.2 Å². The summed E-state index contributed by atoms with van der Waals surface area (Å²) in [6.07, 6.45) is 1.63. The van der Waals surface area contributed by atoms with Gasteiger partial charge in [0.2, 0.25) is 5.95 Å². The van der Waals surface area contributed by atoms with E-state index < -0.39 is 0 Å². The average molecular weight is 450 g/mol. The van der Waals surface area contributed by atoms with Gasteiger partial charge in [-0.05, 0) is 62.7 Å². The minimum atomic E-state index is -0.315. The summed E-state index contributed by atoms with van der Waals surface area (Å²) in [5.74, 6) is 1.65. The summed E-state index contributed by atoms with van der Waals surface area (Å²) >= 11 is 0. The van der Waals surface area contributed by atoms with E-state index in [9.17, 15) is 4.79 Å². The molecule has 0 saturated carbocycles. The normalized spacial score (nSPS) is 10.7. The summed E-state index contributed by atoms with van der Waals surface area (Å²) in [6.45, 7) is 5.93. The number of methoxy groups -OCH3 is 1. The quantitative estimate of drug-likeness (QED) is 0.356. The lowest BCUT2D eigenvalue weighted by Gasteiger charge is -2.13. The molecule has 0 bridgehead atoms. The van der Waals surface area contributed by atoms with Crippen LogP contribution in [0.5, 0.6) is 17.2 Å². The first-order valence-corrected chi connectivity index (χ1v) is 10.4. The number of aryl methyl sites for hydroxylation is 2. The highest BCUT2D eigenvalue weighted by atomic mass is 16.5. The Labute approximate surface area is 192 Å². The number of ether oxygens (including phenoxy) is 3. The van der Waals surface area contributed by atoms with E-state index in [-0.39, 0.29) is 12.5 Å². The molecule has 0 aliphatic rings. The number of aromatic nitrogens is 2. The molecule has 1 aromatic heterocycles. The van der Waals surface area contributed by atoms with Crippen molar-refractivity contribution < 1.29 is 19.0 Å². The Morgan fingerprint density at radius 1 is 1.00 bits per heavy atom. The topological polar surface area (TPSA) is 107 Å². The number of carbonyl (C=O) groups is 1. The molecular weight excluding hydrogens is 422 g/mol. The number of benzene rings is 2. The number of para-hydroxylation sites is 2. The summed E-state index contributed by atoms with van der Waals surface area (Å²) in [7, 11) is 1.55. The van der Waals surface area contributed by atoms with E-state index in [4.69, 9.17) is 14.2 Å². The van der Waals surface area contributed by atoms with Gasteiger partial charge in [0.15, 0.2) is 18.1 Å². The fraction of sp³-hybridized carbons (Fsp3) is 0.250. The van der Waals surface area contributed by atoms with Crippen LogP contribution in [0.4, 0.5) is 11.6 Å². The molecule has 9 nitrogen and oxygen atoms in total. The van der Waals surface area contributed by atoms with Crippen LogP contribution in [0.15, 0.2) is 53.6 Å². The third kappa shape index (κ3) is 6.93. The molecule has 2 N–H and O–H groups in total. The van der Waals surface area contributed by atoms with Gasteiger partial charge in [0.1, 0.15) is 5.75 Å². The molecular formula is C24H27N5O4. The Morgan fingerprint density at radius 2 is 1.76 bits per heavy atom. The second kappa shape index (κ2) is 11.5. The molecule has 0 spiro atoms. The highest BCUT2D eigenvalue weighted by Gasteiger charge is 2.11. The molecule has 33 heavy (non-hydrogen) atoms. The fourth-order valence-electron chi connectivity index (χ4n) is 3.01. The first kappa shape index (κ1) is 23.5. The molecule has 1 heterocycles. The molecule has 0 fully saturated rings. The van der Waals surface area contributed by atoms with Crippen molar-refractivity contribution in [2.45, 2.75) is 20.8 Å². The van der Waals surface area contributed by atoms with Crippen LogP contribution in [0.1, 0.15) is 23.9 Å². The number of rotatable bonds is 10. The molecule has 172 valence electrons. The van der Waals surface area contributed by atoms with Crippen LogP contribution in [-0.2, 0) is 4.79 Å². The zero-order valence-corrected chi connectivity index (χ0v) is 19.1. The predicted octanol–water partition coefficient (Wildman–Crippen LogP) is 3.96. The third-order valence-electron chi connectivity index (χ3n) is 4.37. The Morgan fingerprint density at radius 3 is 2.48 bits per heavy atom.